The largest absolute Gasteiger partial charge is 0.433 e. The van der Waals surface area contributed by atoms with E-state index < -0.39 is 4.92 Å². The number of aromatic nitrogens is 4. The molecule has 3 rings (SSSR count). The molecule has 9 heteroatoms. The van der Waals surface area contributed by atoms with Crippen molar-refractivity contribution >= 4 is 29.5 Å². The van der Waals surface area contributed by atoms with Crippen molar-refractivity contribution in [2.75, 3.05) is 5.73 Å². The molecular formula is C11H8N6O3. The standard InChI is InChI=1S/C11H8N6O3/c12-8-3-5-10-14-13-9(16(10)15-8)4-1-7-2-6-11(20-7)17(18)19/h1-6H,(H2,12,15). The molecule has 2 N–H and O–H groups in total. The number of rotatable bonds is 3. The lowest BCUT2D eigenvalue weighted by atomic mass is 10.4. The molecule has 0 aliphatic carbocycles. The summed E-state index contributed by atoms with van der Waals surface area (Å²) in [6.45, 7) is 0. The zero-order valence-electron chi connectivity index (χ0n) is 10.0. The summed E-state index contributed by atoms with van der Waals surface area (Å²) in [7, 11) is 0. The Morgan fingerprint density at radius 3 is 2.85 bits per heavy atom. The summed E-state index contributed by atoms with van der Waals surface area (Å²) < 4.78 is 6.45. The van der Waals surface area contributed by atoms with Crippen LogP contribution in [0.1, 0.15) is 11.6 Å². The van der Waals surface area contributed by atoms with E-state index in [2.05, 4.69) is 15.3 Å². The lowest BCUT2D eigenvalue weighted by Gasteiger charge is -1.94. The highest BCUT2D eigenvalue weighted by Crippen LogP contribution is 2.17. The van der Waals surface area contributed by atoms with Crippen LogP contribution in [-0.2, 0) is 0 Å². The molecule has 0 bridgehead atoms. The lowest BCUT2D eigenvalue weighted by molar-refractivity contribution is -0.402. The summed E-state index contributed by atoms with van der Waals surface area (Å²) in [5.74, 6) is 0.780. The Bertz CT molecular complexity index is 819. The number of nitro groups is 1. The molecule has 9 nitrogen and oxygen atoms in total. The summed E-state index contributed by atoms with van der Waals surface area (Å²) in [4.78, 5) is 9.89. The molecule has 0 radical (unpaired) electrons. The molecule has 0 aliphatic rings. The highest BCUT2D eigenvalue weighted by molar-refractivity contribution is 5.65. The SMILES string of the molecule is Nc1ccc2nnc(C=Cc3ccc([N+](=O)[O-])o3)n2n1. The summed E-state index contributed by atoms with van der Waals surface area (Å²) in [5.41, 5.74) is 6.14. The minimum absolute atomic E-state index is 0.321. The van der Waals surface area contributed by atoms with Crippen LogP contribution >= 0.6 is 0 Å². The fraction of sp³-hybridized carbons (Fsp3) is 0. The van der Waals surface area contributed by atoms with Crippen LogP contribution in [0.4, 0.5) is 11.7 Å². The minimum atomic E-state index is -0.605. The third-order valence-corrected chi connectivity index (χ3v) is 2.50. The van der Waals surface area contributed by atoms with Crippen LogP contribution in [0.5, 0.6) is 0 Å². The molecule has 3 aromatic rings. The molecule has 0 fully saturated rings. The van der Waals surface area contributed by atoms with Crippen molar-refractivity contribution in [2.45, 2.75) is 0 Å². The van der Waals surface area contributed by atoms with Gasteiger partial charge in [0.15, 0.2) is 11.5 Å². The van der Waals surface area contributed by atoms with Gasteiger partial charge in [-0.15, -0.1) is 15.3 Å². The first kappa shape index (κ1) is 11.8. The average molecular weight is 272 g/mol. The van der Waals surface area contributed by atoms with Crippen LogP contribution in [0.25, 0.3) is 17.8 Å². The molecule has 0 saturated heterocycles. The van der Waals surface area contributed by atoms with Crippen LogP contribution in [0.2, 0.25) is 0 Å². The normalized spacial score (nSPS) is 11.4. The molecule has 0 aromatic carbocycles. The fourth-order valence-electron chi connectivity index (χ4n) is 1.61. The Morgan fingerprint density at radius 1 is 1.25 bits per heavy atom. The minimum Gasteiger partial charge on any atom is -0.401 e. The maximum absolute atomic E-state index is 10.5. The zero-order chi connectivity index (χ0) is 14.1. The van der Waals surface area contributed by atoms with E-state index in [0.717, 1.165) is 0 Å². The van der Waals surface area contributed by atoms with Gasteiger partial charge < -0.3 is 10.2 Å². The van der Waals surface area contributed by atoms with Gasteiger partial charge in [0.05, 0.1) is 6.07 Å². The van der Waals surface area contributed by atoms with Crippen molar-refractivity contribution in [1.29, 1.82) is 0 Å². The number of hydrogen-bond acceptors (Lipinski definition) is 7. The number of nitrogens with two attached hydrogens (primary N) is 1. The molecule has 0 amide bonds. The number of nitrogen functional groups attached to an aromatic ring is 1. The number of furan rings is 1. The molecule has 20 heavy (non-hydrogen) atoms. The number of nitrogens with zero attached hydrogens (tertiary/aromatic N) is 5. The second kappa shape index (κ2) is 4.46. The third-order valence-electron chi connectivity index (χ3n) is 2.50. The van der Waals surface area contributed by atoms with Gasteiger partial charge in [0.1, 0.15) is 16.5 Å². The van der Waals surface area contributed by atoms with Crippen LogP contribution in [0.3, 0.4) is 0 Å². The van der Waals surface area contributed by atoms with Crippen LogP contribution in [-0.4, -0.2) is 24.7 Å². The molecule has 0 aliphatic heterocycles. The molecule has 100 valence electrons. The maximum atomic E-state index is 10.5. The van der Waals surface area contributed by atoms with Crippen molar-refractivity contribution in [1.82, 2.24) is 19.8 Å². The van der Waals surface area contributed by atoms with Gasteiger partial charge in [-0.2, -0.15) is 4.52 Å². The van der Waals surface area contributed by atoms with E-state index in [1.807, 2.05) is 0 Å². The van der Waals surface area contributed by atoms with E-state index in [-0.39, 0.29) is 5.88 Å². The number of fused-ring (bicyclic) bond motifs is 1. The van der Waals surface area contributed by atoms with Crippen molar-refractivity contribution in [3.63, 3.8) is 0 Å². The van der Waals surface area contributed by atoms with Crippen molar-refractivity contribution in [3.05, 3.63) is 46.0 Å². The Balaban J connectivity index is 1.93. The highest BCUT2D eigenvalue weighted by Gasteiger charge is 2.10. The Kier molecular flexibility index (Phi) is 2.64. The summed E-state index contributed by atoms with van der Waals surface area (Å²) in [5, 5.41) is 22.4. The Morgan fingerprint density at radius 2 is 2.10 bits per heavy atom. The molecule has 0 unspecified atom stereocenters. The predicted octanol–water partition coefficient (Wildman–Crippen LogP) is 1.38. The van der Waals surface area contributed by atoms with Gasteiger partial charge in [-0.25, -0.2) is 0 Å². The number of hydrogen-bond donors (Lipinski definition) is 1. The molecule has 0 atom stereocenters. The molecule has 3 aromatic heterocycles. The van der Waals surface area contributed by atoms with Gasteiger partial charge in [-0.3, -0.25) is 10.1 Å². The van der Waals surface area contributed by atoms with Crippen molar-refractivity contribution < 1.29 is 9.34 Å². The first-order chi connectivity index (χ1) is 9.63. The van der Waals surface area contributed by atoms with Gasteiger partial charge in [0, 0.05) is 0 Å². The fourth-order valence-corrected chi connectivity index (χ4v) is 1.61. The first-order valence-electron chi connectivity index (χ1n) is 5.54. The molecule has 3 heterocycles. The van der Waals surface area contributed by atoms with Gasteiger partial charge in [-0.05, 0) is 30.4 Å². The van der Waals surface area contributed by atoms with Crippen molar-refractivity contribution in [3.8, 4) is 0 Å². The average Bonchev–Trinajstić information content (AvgIpc) is 3.02. The topological polar surface area (TPSA) is 125 Å². The van der Waals surface area contributed by atoms with E-state index >= 15 is 0 Å². The third kappa shape index (κ3) is 2.07. The second-order valence-electron chi connectivity index (χ2n) is 3.85. The zero-order valence-corrected chi connectivity index (χ0v) is 10.0. The van der Waals surface area contributed by atoms with E-state index in [1.54, 1.807) is 18.2 Å². The summed E-state index contributed by atoms with van der Waals surface area (Å²) >= 11 is 0. The Hall–Kier alpha value is -3.23. The first-order valence-corrected chi connectivity index (χ1v) is 5.54. The maximum Gasteiger partial charge on any atom is 0.433 e. The van der Waals surface area contributed by atoms with Gasteiger partial charge >= 0.3 is 5.88 Å². The van der Waals surface area contributed by atoms with Gasteiger partial charge in [-0.1, -0.05) is 0 Å². The van der Waals surface area contributed by atoms with E-state index in [9.17, 15) is 10.1 Å². The lowest BCUT2D eigenvalue weighted by Crippen LogP contribution is -1.98. The second-order valence-corrected chi connectivity index (χ2v) is 3.85. The van der Waals surface area contributed by atoms with Crippen LogP contribution < -0.4 is 5.73 Å². The molecular weight excluding hydrogens is 264 g/mol. The smallest absolute Gasteiger partial charge is 0.401 e. The quantitative estimate of drug-likeness (QED) is 0.563. The number of anilines is 1. The van der Waals surface area contributed by atoms with E-state index in [4.69, 9.17) is 10.2 Å². The highest BCUT2D eigenvalue weighted by atomic mass is 16.6. The van der Waals surface area contributed by atoms with Crippen LogP contribution in [0, 0.1) is 10.1 Å². The monoisotopic (exact) mass is 272 g/mol. The van der Waals surface area contributed by atoms with E-state index in [0.29, 0.717) is 23.0 Å². The summed E-state index contributed by atoms with van der Waals surface area (Å²) in [6.07, 6.45) is 3.11. The molecule has 0 saturated carbocycles. The predicted molar refractivity (Wildman–Crippen MR) is 69.5 cm³/mol. The Labute approximate surface area is 111 Å². The van der Waals surface area contributed by atoms with Gasteiger partial charge in [0.25, 0.3) is 0 Å². The molecule has 0 spiro atoms. The summed E-state index contributed by atoms with van der Waals surface area (Å²) in [6, 6.07) is 6.06. The van der Waals surface area contributed by atoms with Crippen LogP contribution in [0.15, 0.2) is 28.7 Å². The van der Waals surface area contributed by atoms with Crippen molar-refractivity contribution in [2.24, 2.45) is 0 Å². The van der Waals surface area contributed by atoms with Gasteiger partial charge in [0.2, 0.25) is 0 Å². The van der Waals surface area contributed by atoms with E-state index in [1.165, 1.54) is 22.7 Å².